The SMILES string of the molecule is OP(OP(Cc1ccccc1)(Cc1ccccc1)(Cc1ccccc1)Cc1ccccc1)OP(Cc1ccccc1)(Cc1ccccc1)(Cc1ccccc1)Cc1ccccc1. The van der Waals surface area contributed by atoms with Crippen molar-refractivity contribution < 1.29 is 13.5 Å². The minimum absolute atomic E-state index is 0.665. The predicted octanol–water partition coefficient (Wildman–Crippen LogP) is 15.8. The Morgan fingerprint density at radius 1 is 0.242 bits per heavy atom. The van der Waals surface area contributed by atoms with Gasteiger partial charge in [0.1, 0.15) is 0 Å². The topological polar surface area (TPSA) is 38.7 Å². The number of rotatable bonds is 20. The van der Waals surface area contributed by atoms with Crippen LogP contribution in [0.5, 0.6) is 0 Å². The van der Waals surface area contributed by atoms with Crippen LogP contribution in [0, 0.1) is 0 Å². The second-order valence-corrected chi connectivity index (χ2v) is 29.0. The summed E-state index contributed by atoms with van der Waals surface area (Å²) in [4.78, 5) is 13.6. The van der Waals surface area contributed by atoms with Crippen LogP contribution in [-0.4, -0.2) is 4.89 Å². The van der Waals surface area contributed by atoms with Crippen LogP contribution in [0.4, 0.5) is 0 Å². The van der Waals surface area contributed by atoms with E-state index >= 15 is 0 Å². The van der Waals surface area contributed by atoms with E-state index in [-0.39, 0.29) is 0 Å². The van der Waals surface area contributed by atoms with Crippen LogP contribution in [0.2, 0.25) is 0 Å². The summed E-state index contributed by atoms with van der Waals surface area (Å²) in [6, 6.07) is 86.2. The Labute approximate surface area is 370 Å². The van der Waals surface area contributed by atoms with Crippen molar-refractivity contribution >= 4 is 22.3 Å². The van der Waals surface area contributed by atoms with Crippen LogP contribution in [-0.2, 0) is 57.9 Å². The van der Waals surface area contributed by atoms with Crippen LogP contribution in [0.3, 0.4) is 0 Å². The van der Waals surface area contributed by atoms with Gasteiger partial charge in [0.25, 0.3) is 0 Å². The summed E-state index contributed by atoms with van der Waals surface area (Å²) in [6.07, 6.45) is 5.32. The third kappa shape index (κ3) is 11.3. The molecule has 0 fully saturated rings. The van der Waals surface area contributed by atoms with Gasteiger partial charge in [-0.05, 0) is 0 Å². The summed E-state index contributed by atoms with van der Waals surface area (Å²) in [5.41, 5.74) is 9.53. The van der Waals surface area contributed by atoms with Gasteiger partial charge in [0.05, 0.1) is 0 Å². The van der Waals surface area contributed by atoms with Crippen molar-refractivity contribution in [3.8, 4) is 0 Å². The zero-order valence-electron chi connectivity index (χ0n) is 35.4. The molecule has 8 rings (SSSR count). The van der Waals surface area contributed by atoms with Gasteiger partial charge >= 0.3 is 372 Å². The fraction of sp³-hybridized carbons (Fsp3) is 0.143. The Hall–Kier alpha value is -5.07. The molecule has 0 saturated carbocycles. The molecule has 8 aromatic carbocycles. The third-order valence-corrected chi connectivity index (χ3v) is 26.1. The molecule has 0 aliphatic heterocycles. The van der Waals surface area contributed by atoms with Gasteiger partial charge in [-0.2, -0.15) is 0 Å². The Kier molecular flexibility index (Phi) is 14.0. The molecule has 0 atom stereocenters. The molecule has 8 aromatic rings. The second kappa shape index (κ2) is 20.0. The molecule has 0 radical (unpaired) electrons. The van der Waals surface area contributed by atoms with E-state index in [0.29, 0.717) is 49.3 Å². The van der Waals surface area contributed by atoms with Crippen molar-refractivity contribution in [1.82, 2.24) is 0 Å². The van der Waals surface area contributed by atoms with E-state index in [1.54, 1.807) is 0 Å². The Morgan fingerprint density at radius 2 is 0.371 bits per heavy atom. The summed E-state index contributed by atoms with van der Waals surface area (Å²) in [6.45, 7) is -7.48. The molecule has 314 valence electrons. The molecule has 0 aromatic heterocycles. The molecule has 0 saturated heterocycles. The maximum atomic E-state index is 13.6. The van der Waals surface area contributed by atoms with Gasteiger partial charge < -0.3 is 0 Å². The van der Waals surface area contributed by atoms with E-state index in [4.69, 9.17) is 8.62 Å². The standard InChI is InChI=1S/C56H57O3P3/c57-60(58-61(41-49-25-9-1-10-26-49,42-50-27-11-2-12-28-50,43-51-29-13-3-14-30-51)44-52-31-15-4-16-32-52)59-62(45-53-33-17-5-18-34-53,46-54-35-19-6-20-36-54,47-55-37-21-7-22-38-55)48-56-39-23-8-24-40-56/h1-40,57H,41-48H2. The van der Waals surface area contributed by atoms with Crippen LogP contribution in [0.25, 0.3) is 0 Å². The molecule has 6 heteroatoms. The third-order valence-electron chi connectivity index (χ3n) is 12.0. The maximum absolute atomic E-state index is 13.6. The molecule has 0 aliphatic rings. The Balaban J connectivity index is 1.38. The Morgan fingerprint density at radius 3 is 0.500 bits per heavy atom. The van der Waals surface area contributed by atoms with Gasteiger partial charge in [0.15, 0.2) is 0 Å². The van der Waals surface area contributed by atoms with Crippen molar-refractivity contribution in [3.05, 3.63) is 287 Å². The second-order valence-electron chi connectivity index (χ2n) is 17.3. The van der Waals surface area contributed by atoms with E-state index in [9.17, 15) is 4.89 Å². The fourth-order valence-corrected chi connectivity index (χ4v) is 25.5. The number of benzene rings is 8. The van der Waals surface area contributed by atoms with Crippen molar-refractivity contribution in [2.45, 2.75) is 49.3 Å². The monoisotopic (exact) mass is 870 g/mol. The number of hydrogen-bond acceptors (Lipinski definition) is 3. The van der Waals surface area contributed by atoms with E-state index in [1.165, 1.54) is 44.5 Å². The molecule has 0 spiro atoms. The summed E-state index contributed by atoms with van der Waals surface area (Å²) in [5, 5.41) is 0. The average Bonchev–Trinajstić information content (AvgIpc) is 3.29. The van der Waals surface area contributed by atoms with Gasteiger partial charge in [-0.1, -0.05) is 0 Å². The molecule has 0 unspecified atom stereocenters. The van der Waals surface area contributed by atoms with E-state index in [1.807, 2.05) is 0 Å². The van der Waals surface area contributed by atoms with Crippen molar-refractivity contribution in [2.75, 3.05) is 0 Å². The molecule has 0 amide bonds. The summed E-state index contributed by atoms with van der Waals surface area (Å²) in [7, 11) is -2.51. The van der Waals surface area contributed by atoms with Gasteiger partial charge in [-0.15, -0.1) is 0 Å². The summed E-state index contributed by atoms with van der Waals surface area (Å²) < 4.78 is 16.1. The average molecular weight is 871 g/mol. The van der Waals surface area contributed by atoms with Crippen LogP contribution < -0.4 is 0 Å². The van der Waals surface area contributed by atoms with E-state index in [0.717, 1.165) is 0 Å². The predicted molar refractivity (Wildman–Crippen MR) is 266 cm³/mol. The van der Waals surface area contributed by atoms with Crippen LogP contribution >= 0.6 is 22.3 Å². The molecule has 3 nitrogen and oxygen atoms in total. The fourth-order valence-electron chi connectivity index (χ4n) is 9.67. The van der Waals surface area contributed by atoms with Gasteiger partial charge in [-0.3, -0.25) is 0 Å². The minimum atomic E-state index is -3.74. The zero-order chi connectivity index (χ0) is 42.4. The molecule has 62 heavy (non-hydrogen) atoms. The van der Waals surface area contributed by atoms with Crippen molar-refractivity contribution in [2.24, 2.45) is 0 Å². The van der Waals surface area contributed by atoms with E-state index < -0.39 is 22.3 Å². The van der Waals surface area contributed by atoms with Gasteiger partial charge in [-0.25, -0.2) is 0 Å². The van der Waals surface area contributed by atoms with Crippen molar-refractivity contribution in [1.29, 1.82) is 0 Å². The zero-order valence-corrected chi connectivity index (χ0v) is 38.0. The molecule has 0 aliphatic carbocycles. The Bertz CT molecular complexity index is 2010. The first-order valence-corrected chi connectivity index (χ1v) is 28.5. The quantitative estimate of drug-likeness (QED) is 0.0776. The van der Waals surface area contributed by atoms with Crippen molar-refractivity contribution in [3.63, 3.8) is 0 Å². The van der Waals surface area contributed by atoms with Gasteiger partial charge in [0.2, 0.25) is 0 Å². The molecular weight excluding hydrogens is 814 g/mol. The normalized spacial score (nSPS) is 13.6. The molecule has 1 N–H and O–H groups in total. The summed E-state index contributed by atoms with van der Waals surface area (Å²) in [5.74, 6) is 0. The van der Waals surface area contributed by atoms with Gasteiger partial charge in [0, 0.05) is 0 Å². The molecule has 0 heterocycles. The first-order chi connectivity index (χ1) is 30.4. The van der Waals surface area contributed by atoms with E-state index in [2.05, 4.69) is 243 Å². The first-order valence-electron chi connectivity index (χ1n) is 21.6. The molecular formula is C56H57O3P3. The summed E-state index contributed by atoms with van der Waals surface area (Å²) >= 11 is 0. The first kappa shape index (κ1) is 43.6. The molecule has 0 bridgehead atoms. The van der Waals surface area contributed by atoms with Crippen LogP contribution in [0.15, 0.2) is 243 Å². The van der Waals surface area contributed by atoms with Crippen LogP contribution in [0.1, 0.15) is 44.5 Å². The number of hydrogen-bond donors (Lipinski definition) is 1.